The van der Waals surface area contributed by atoms with Crippen molar-refractivity contribution in [2.45, 2.75) is 12.6 Å². The van der Waals surface area contributed by atoms with Gasteiger partial charge in [0.25, 0.3) is 0 Å². The van der Waals surface area contributed by atoms with Gasteiger partial charge in [0.1, 0.15) is 18.1 Å². The lowest BCUT2D eigenvalue weighted by molar-refractivity contribution is -0.143. The summed E-state index contributed by atoms with van der Waals surface area (Å²) >= 11 is 0. The molecule has 7 heteroatoms. The summed E-state index contributed by atoms with van der Waals surface area (Å²) in [6.45, 7) is -0.253. The van der Waals surface area contributed by atoms with E-state index < -0.39 is 23.6 Å². The van der Waals surface area contributed by atoms with Crippen LogP contribution in [0.25, 0.3) is 0 Å². The van der Waals surface area contributed by atoms with Crippen molar-refractivity contribution in [3.8, 4) is 5.75 Å². The van der Waals surface area contributed by atoms with Crippen LogP contribution in [0.2, 0.25) is 0 Å². The number of benzene rings is 1. The van der Waals surface area contributed by atoms with Gasteiger partial charge in [-0.05, 0) is 30.3 Å². The van der Waals surface area contributed by atoms with E-state index in [1.54, 1.807) is 12.1 Å². The highest BCUT2D eigenvalue weighted by molar-refractivity contribution is 5.70. The molecule has 0 amide bonds. The van der Waals surface area contributed by atoms with Crippen LogP contribution in [0.1, 0.15) is 11.3 Å². The van der Waals surface area contributed by atoms with Gasteiger partial charge in [-0.15, -0.1) is 0 Å². The summed E-state index contributed by atoms with van der Waals surface area (Å²) in [6, 6.07) is 7.57. The summed E-state index contributed by atoms with van der Waals surface area (Å²) < 4.78 is 48.0. The molecule has 0 saturated heterocycles. The molecular formula is C15H13F3O4. The molecule has 0 bridgehead atoms. The van der Waals surface area contributed by atoms with Crippen LogP contribution < -0.4 is 4.74 Å². The van der Waals surface area contributed by atoms with Crippen LogP contribution in [0.4, 0.5) is 13.2 Å². The average Bonchev–Trinajstić information content (AvgIpc) is 2.95. The first-order valence-corrected chi connectivity index (χ1v) is 6.41. The summed E-state index contributed by atoms with van der Waals surface area (Å²) in [6.07, 6.45) is -2.96. The van der Waals surface area contributed by atoms with E-state index in [2.05, 4.69) is 0 Å². The molecule has 2 aromatic rings. The van der Waals surface area contributed by atoms with Crippen LogP contribution in [0, 0.1) is 5.92 Å². The van der Waals surface area contributed by atoms with Gasteiger partial charge in [-0.3, -0.25) is 4.79 Å². The van der Waals surface area contributed by atoms with E-state index in [0.29, 0.717) is 5.76 Å². The maximum atomic E-state index is 12.6. The van der Waals surface area contributed by atoms with E-state index in [-0.39, 0.29) is 18.8 Å². The van der Waals surface area contributed by atoms with Gasteiger partial charge in [-0.25, -0.2) is 0 Å². The molecular weight excluding hydrogens is 301 g/mol. The summed E-state index contributed by atoms with van der Waals surface area (Å²) in [5, 5.41) is 9.13. The van der Waals surface area contributed by atoms with Gasteiger partial charge >= 0.3 is 12.1 Å². The zero-order valence-corrected chi connectivity index (χ0v) is 11.3. The molecule has 4 nitrogen and oxygen atoms in total. The fourth-order valence-corrected chi connectivity index (χ4v) is 1.85. The fraction of sp³-hybridized carbons (Fsp3) is 0.267. The Hall–Kier alpha value is -2.44. The van der Waals surface area contributed by atoms with Crippen LogP contribution in [-0.4, -0.2) is 17.7 Å². The van der Waals surface area contributed by atoms with Crippen LogP contribution in [0.5, 0.6) is 5.75 Å². The third-order valence-corrected chi connectivity index (χ3v) is 2.99. The Morgan fingerprint density at radius 2 is 2.05 bits per heavy atom. The number of furan rings is 1. The number of carbonyl (C=O) groups is 1. The van der Waals surface area contributed by atoms with Gasteiger partial charge in [0.2, 0.25) is 0 Å². The molecule has 0 aliphatic heterocycles. The zero-order chi connectivity index (χ0) is 16.2. The molecule has 1 unspecified atom stereocenters. The lowest BCUT2D eigenvalue weighted by Crippen LogP contribution is -2.23. The standard InChI is InChI=1S/C15H13F3O4/c16-15(17,18)11-3-1-4-13(8-11)22-9-10(14(19)20)7-12-5-2-6-21-12/h1-6,8,10H,7,9H2,(H,19,20). The number of hydrogen-bond acceptors (Lipinski definition) is 3. The molecule has 0 aliphatic carbocycles. The Labute approximate surface area is 124 Å². The minimum Gasteiger partial charge on any atom is -0.493 e. The van der Waals surface area contributed by atoms with Crippen molar-refractivity contribution in [3.05, 3.63) is 54.0 Å². The lowest BCUT2D eigenvalue weighted by atomic mass is 10.1. The summed E-state index contributed by atoms with van der Waals surface area (Å²) in [5.74, 6) is -1.58. The molecule has 1 atom stereocenters. The normalized spacial score (nSPS) is 12.9. The maximum absolute atomic E-state index is 12.6. The van der Waals surface area contributed by atoms with Crippen molar-refractivity contribution >= 4 is 5.97 Å². The van der Waals surface area contributed by atoms with Crippen molar-refractivity contribution in [3.63, 3.8) is 0 Å². The molecule has 0 radical (unpaired) electrons. The molecule has 118 valence electrons. The molecule has 1 aromatic heterocycles. The van der Waals surface area contributed by atoms with E-state index >= 15 is 0 Å². The number of carboxylic acid groups (broad SMARTS) is 1. The molecule has 0 saturated carbocycles. The molecule has 1 aromatic carbocycles. The number of alkyl halides is 3. The molecule has 1 heterocycles. The Bertz CT molecular complexity index is 620. The first-order chi connectivity index (χ1) is 10.4. The van der Waals surface area contributed by atoms with Gasteiger partial charge < -0.3 is 14.3 Å². The summed E-state index contributed by atoms with van der Waals surface area (Å²) in [5.41, 5.74) is -0.845. The third kappa shape index (κ3) is 4.28. The Morgan fingerprint density at radius 3 is 2.64 bits per heavy atom. The number of aliphatic carboxylic acids is 1. The first-order valence-electron chi connectivity index (χ1n) is 6.41. The predicted molar refractivity (Wildman–Crippen MR) is 70.5 cm³/mol. The molecule has 0 aliphatic rings. The van der Waals surface area contributed by atoms with Gasteiger partial charge in [-0.1, -0.05) is 6.07 Å². The van der Waals surface area contributed by atoms with E-state index in [9.17, 15) is 18.0 Å². The van der Waals surface area contributed by atoms with Crippen molar-refractivity contribution in [1.82, 2.24) is 0 Å². The number of hydrogen-bond donors (Lipinski definition) is 1. The largest absolute Gasteiger partial charge is 0.493 e. The highest BCUT2D eigenvalue weighted by atomic mass is 19.4. The molecule has 0 spiro atoms. The van der Waals surface area contributed by atoms with Crippen LogP contribution in [0.15, 0.2) is 47.1 Å². The van der Waals surface area contributed by atoms with E-state index in [1.807, 2.05) is 0 Å². The highest BCUT2D eigenvalue weighted by Gasteiger charge is 2.30. The Balaban J connectivity index is 2.02. The van der Waals surface area contributed by atoms with Crippen molar-refractivity contribution in [1.29, 1.82) is 0 Å². The molecule has 0 fully saturated rings. The number of rotatable bonds is 6. The number of carboxylic acids is 1. The van der Waals surface area contributed by atoms with Gasteiger partial charge in [0, 0.05) is 6.42 Å². The average molecular weight is 314 g/mol. The van der Waals surface area contributed by atoms with E-state index in [0.717, 1.165) is 12.1 Å². The maximum Gasteiger partial charge on any atom is 0.416 e. The quantitative estimate of drug-likeness (QED) is 0.884. The lowest BCUT2D eigenvalue weighted by Gasteiger charge is -2.14. The first kappa shape index (κ1) is 15.9. The van der Waals surface area contributed by atoms with Gasteiger partial charge in [-0.2, -0.15) is 13.2 Å². The van der Waals surface area contributed by atoms with E-state index in [1.165, 1.54) is 18.4 Å². The van der Waals surface area contributed by atoms with Crippen molar-refractivity contribution in [2.75, 3.05) is 6.61 Å². The van der Waals surface area contributed by atoms with Gasteiger partial charge in [0.05, 0.1) is 17.7 Å². The van der Waals surface area contributed by atoms with Gasteiger partial charge in [0.15, 0.2) is 0 Å². The summed E-state index contributed by atoms with van der Waals surface area (Å²) in [7, 11) is 0. The second kappa shape index (κ2) is 6.55. The number of ether oxygens (including phenoxy) is 1. The van der Waals surface area contributed by atoms with Crippen molar-refractivity contribution < 1.29 is 32.2 Å². The van der Waals surface area contributed by atoms with Crippen LogP contribution in [0.3, 0.4) is 0 Å². The highest BCUT2D eigenvalue weighted by Crippen LogP contribution is 2.31. The van der Waals surface area contributed by atoms with Crippen LogP contribution in [-0.2, 0) is 17.4 Å². The number of halogens is 3. The monoisotopic (exact) mass is 314 g/mol. The minimum atomic E-state index is -4.47. The topological polar surface area (TPSA) is 59.7 Å². The SMILES string of the molecule is O=C(O)C(COc1cccc(C(F)(F)F)c1)Cc1ccco1. The second-order valence-corrected chi connectivity index (χ2v) is 4.66. The predicted octanol–water partition coefficient (Wildman–Crippen LogP) is 3.62. The Morgan fingerprint density at radius 1 is 1.27 bits per heavy atom. The molecule has 22 heavy (non-hydrogen) atoms. The van der Waals surface area contributed by atoms with Crippen LogP contribution >= 0.6 is 0 Å². The summed E-state index contributed by atoms with van der Waals surface area (Å²) in [4.78, 5) is 11.2. The molecule has 2 rings (SSSR count). The molecule has 1 N–H and O–H groups in total. The zero-order valence-electron chi connectivity index (χ0n) is 11.3. The Kier molecular flexibility index (Phi) is 4.75. The van der Waals surface area contributed by atoms with E-state index in [4.69, 9.17) is 14.3 Å². The third-order valence-electron chi connectivity index (χ3n) is 2.99. The minimum absolute atomic E-state index is 0.0273. The van der Waals surface area contributed by atoms with Crippen molar-refractivity contribution in [2.24, 2.45) is 5.92 Å². The fourth-order valence-electron chi connectivity index (χ4n) is 1.85. The smallest absolute Gasteiger partial charge is 0.416 e. The second-order valence-electron chi connectivity index (χ2n) is 4.66.